The van der Waals surface area contributed by atoms with Crippen molar-refractivity contribution in [2.24, 2.45) is 0 Å². The molecule has 0 heterocycles. The van der Waals surface area contributed by atoms with E-state index >= 15 is 0 Å². The molecule has 0 radical (unpaired) electrons. The van der Waals surface area contributed by atoms with Crippen LogP contribution in [0.4, 0.5) is 11.4 Å². The van der Waals surface area contributed by atoms with Gasteiger partial charge in [-0.2, -0.15) is 0 Å². The molecule has 0 aromatic heterocycles. The second kappa shape index (κ2) is 8.25. The summed E-state index contributed by atoms with van der Waals surface area (Å²) >= 11 is 6.04. The van der Waals surface area contributed by atoms with Crippen molar-refractivity contribution < 1.29 is 14.5 Å². The van der Waals surface area contributed by atoms with Crippen LogP contribution < -0.4 is 10.6 Å². The second-order valence-electron chi connectivity index (χ2n) is 5.34. The Balaban J connectivity index is 1.82. The van der Waals surface area contributed by atoms with Crippen molar-refractivity contribution in [3.8, 4) is 0 Å². The minimum atomic E-state index is -0.539. The fourth-order valence-electron chi connectivity index (χ4n) is 2.06. The van der Waals surface area contributed by atoms with Crippen molar-refractivity contribution in [1.82, 2.24) is 5.32 Å². The third-order valence-electron chi connectivity index (χ3n) is 3.38. The van der Waals surface area contributed by atoms with Crippen molar-refractivity contribution in [1.29, 1.82) is 0 Å². The summed E-state index contributed by atoms with van der Waals surface area (Å²) in [5, 5.41) is 16.3. The molecular weight excluding hydrogens is 346 g/mol. The Hall–Kier alpha value is -2.93. The average Bonchev–Trinajstić information content (AvgIpc) is 2.57. The van der Waals surface area contributed by atoms with Crippen molar-refractivity contribution >= 4 is 34.8 Å². The zero-order valence-electron chi connectivity index (χ0n) is 13.4. The number of halogens is 1. The molecule has 2 rings (SSSR count). The normalized spacial score (nSPS) is 10.2. The lowest BCUT2D eigenvalue weighted by Crippen LogP contribution is -2.27. The Bertz CT molecular complexity index is 806. The molecule has 2 amide bonds. The molecule has 130 valence electrons. The maximum Gasteiger partial charge on any atom is 0.269 e. The first-order valence-corrected chi connectivity index (χ1v) is 7.83. The van der Waals surface area contributed by atoms with E-state index in [-0.39, 0.29) is 30.1 Å². The van der Waals surface area contributed by atoms with Crippen LogP contribution in [0, 0.1) is 17.0 Å². The van der Waals surface area contributed by atoms with Gasteiger partial charge < -0.3 is 10.6 Å². The van der Waals surface area contributed by atoms with E-state index < -0.39 is 10.8 Å². The number of rotatable bonds is 6. The molecule has 0 unspecified atom stereocenters. The number of nitro benzene ring substituents is 1. The molecule has 0 aliphatic heterocycles. The van der Waals surface area contributed by atoms with Crippen LogP contribution in [0.15, 0.2) is 42.5 Å². The van der Waals surface area contributed by atoms with Crippen molar-refractivity contribution in [2.45, 2.75) is 13.3 Å². The standard InChI is InChI=1S/C17H16ClN3O4/c1-11-2-7-15(14(18)10-11)20-16(22)8-9-19-17(23)12-3-5-13(6-4-12)21(24)25/h2-7,10H,8-9H2,1H3,(H,19,23)(H,20,22). The predicted octanol–water partition coefficient (Wildman–Crippen LogP) is 3.32. The molecule has 8 heteroatoms. The van der Waals surface area contributed by atoms with E-state index in [9.17, 15) is 19.7 Å². The Morgan fingerprint density at radius 2 is 1.84 bits per heavy atom. The van der Waals surface area contributed by atoms with E-state index in [2.05, 4.69) is 10.6 Å². The number of hydrogen-bond acceptors (Lipinski definition) is 4. The lowest BCUT2D eigenvalue weighted by atomic mass is 10.2. The van der Waals surface area contributed by atoms with Gasteiger partial charge in [0.15, 0.2) is 0 Å². The minimum absolute atomic E-state index is 0.0723. The van der Waals surface area contributed by atoms with E-state index in [1.165, 1.54) is 24.3 Å². The third kappa shape index (κ3) is 5.29. The van der Waals surface area contributed by atoms with Gasteiger partial charge in [-0.05, 0) is 36.8 Å². The minimum Gasteiger partial charge on any atom is -0.352 e. The van der Waals surface area contributed by atoms with Crippen LogP contribution in [0.2, 0.25) is 5.02 Å². The number of nitro groups is 1. The number of benzene rings is 2. The van der Waals surface area contributed by atoms with E-state index in [4.69, 9.17) is 11.6 Å². The third-order valence-corrected chi connectivity index (χ3v) is 3.69. The van der Waals surface area contributed by atoms with Gasteiger partial charge in [-0.3, -0.25) is 19.7 Å². The molecule has 0 aliphatic carbocycles. The SMILES string of the molecule is Cc1ccc(NC(=O)CCNC(=O)c2ccc([N+](=O)[O-])cc2)c(Cl)c1. The van der Waals surface area contributed by atoms with E-state index in [1.807, 2.05) is 13.0 Å². The van der Waals surface area contributed by atoms with E-state index in [1.54, 1.807) is 12.1 Å². The molecule has 2 N–H and O–H groups in total. The fraction of sp³-hybridized carbons (Fsp3) is 0.176. The predicted molar refractivity (Wildman–Crippen MR) is 94.9 cm³/mol. The highest BCUT2D eigenvalue weighted by Crippen LogP contribution is 2.22. The van der Waals surface area contributed by atoms with Crippen molar-refractivity contribution in [3.05, 3.63) is 68.7 Å². The molecule has 0 bridgehead atoms. The van der Waals surface area contributed by atoms with Gasteiger partial charge in [-0.25, -0.2) is 0 Å². The van der Waals surface area contributed by atoms with Gasteiger partial charge in [0.1, 0.15) is 0 Å². The molecule has 7 nitrogen and oxygen atoms in total. The van der Waals surface area contributed by atoms with Gasteiger partial charge in [-0.1, -0.05) is 17.7 Å². The van der Waals surface area contributed by atoms with Crippen LogP contribution in [0.5, 0.6) is 0 Å². The first-order chi connectivity index (χ1) is 11.9. The summed E-state index contributed by atoms with van der Waals surface area (Å²) in [5.74, 6) is -0.689. The lowest BCUT2D eigenvalue weighted by molar-refractivity contribution is -0.384. The zero-order chi connectivity index (χ0) is 18.4. The van der Waals surface area contributed by atoms with Crippen LogP contribution in [0.1, 0.15) is 22.3 Å². The molecule has 2 aromatic carbocycles. The van der Waals surface area contributed by atoms with Crippen LogP contribution in [0.25, 0.3) is 0 Å². The maximum absolute atomic E-state index is 11.9. The number of non-ortho nitro benzene ring substituents is 1. The van der Waals surface area contributed by atoms with Crippen molar-refractivity contribution in [3.63, 3.8) is 0 Å². The quantitative estimate of drug-likeness (QED) is 0.608. The average molecular weight is 362 g/mol. The molecule has 0 saturated carbocycles. The first kappa shape index (κ1) is 18.4. The Labute approximate surface area is 149 Å². The van der Waals surface area contributed by atoms with Crippen LogP contribution in [-0.4, -0.2) is 23.3 Å². The summed E-state index contributed by atoms with van der Waals surface area (Å²) in [6.45, 7) is 2.02. The molecule has 0 spiro atoms. The number of hydrogen-bond donors (Lipinski definition) is 2. The van der Waals surface area contributed by atoms with Crippen LogP contribution in [-0.2, 0) is 4.79 Å². The molecule has 0 aliphatic rings. The number of amides is 2. The summed E-state index contributed by atoms with van der Waals surface area (Å²) < 4.78 is 0. The van der Waals surface area contributed by atoms with Gasteiger partial charge >= 0.3 is 0 Å². The first-order valence-electron chi connectivity index (χ1n) is 7.45. The van der Waals surface area contributed by atoms with Gasteiger partial charge in [0.05, 0.1) is 15.6 Å². The topological polar surface area (TPSA) is 101 Å². The van der Waals surface area contributed by atoms with Gasteiger partial charge in [0.25, 0.3) is 11.6 Å². The second-order valence-corrected chi connectivity index (χ2v) is 5.75. The maximum atomic E-state index is 11.9. The number of nitrogens with zero attached hydrogens (tertiary/aromatic N) is 1. The molecule has 0 fully saturated rings. The number of nitrogens with one attached hydrogen (secondary N) is 2. The van der Waals surface area contributed by atoms with Crippen molar-refractivity contribution in [2.75, 3.05) is 11.9 Å². The summed E-state index contributed by atoms with van der Waals surface area (Å²) in [4.78, 5) is 33.8. The Morgan fingerprint density at radius 3 is 2.44 bits per heavy atom. The monoisotopic (exact) mass is 361 g/mol. The van der Waals surface area contributed by atoms with Gasteiger partial charge in [0, 0.05) is 30.7 Å². The van der Waals surface area contributed by atoms with Gasteiger partial charge in [-0.15, -0.1) is 0 Å². The highest BCUT2D eigenvalue weighted by atomic mass is 35.5. The summed E-state index contributed by atoms with van der Waals surface area (Å²) in [6, 6.07) is 10.5. The van der Waals surface area contributed by atoms with Gasteiger partial charge in [0.2, 0.25) is 5.91 Å². The largest absolute Gasteiger partial charge is 0.352 e. The molecule has 25 heavy (non-hydrogen) atoms. The zero-order valence-corrected chi connectivity index (χ0v) is 14.2. The number of carbonyl (C=O) groups excluding carboxylic acids is 2. The number of aryl methyl sites for hydroxylation is 1. The smallest absolute Gasteiger partial charge is 0.269 e. The molecule has 0 atom stereocenters. The van der Waals surface area contributed by atoms with Crippen LogP contribution in [0.3, 0.4) is 0 Å². The van der Waals surface area contributed by atoms with E-state index in [0.717, 1.165) is 5.56 Å². The molecular formula is C17H16ClN3O4. The fourth-order valence-corrected chi connectivity index (χ4v) is 2.34. The van der Waals surface area contributed by atoms with Crippen LogP contribution >= 0.6 is 11.6 Å². The lowest BCUT2D eigenvalue weighted by Gasteiger charge is -2.09. The number of anilines is 1. The Kier molecular flexibility index (Phi) is 6.08. The summed E-state index contributed by atoms with van der Waals surface area (Å²) in [7, 11) is 0. The Morgan fingerprint density at radius 1 is 1.16 bits per heavy atom. The highest BCUT2D eigenvalue weighted by molar-refractivity contribution is 6.33. The summed E-state index contributed by atoms with van der Waals surface area (Å²) in [5.41, 5.74) is 1.69. The number of carbonyl (C=O) groups is 2. The molecule has 0 saturated heterocycles. The summed E-state index contributed by atoms with van der Waals surface area (Å²) in [6.07, 6.45) is 0.0723. The highest BCUT2D eigenvalue weighted by Gasteiger charge is 2.10. The molecule has 2 aromatic rings. The van der Waals surface area contributed by atoms with E-state index in [0.29, 0.717) is 10.7 Å².